The minimum absolute atomic E-state index is 0.0280. The number of esters is 1. The van der Waals surface area contributed by atoms with E-state index in [1.807, 2.05) is 13.8 Å². The second kappa shape index (κ2) is 7.54. The Balaban J connectivity index is 3.27. The molecule has 0 N–H and O–H groups in total. The molecule has 0 aliphatic heterocycles. The maximum absolute atomic E-state index is 11.1. The lowest BCUT2D eigenvalue weighted by molar-refractivity contribution is -0.147. The normalized spacial score (nSPS) is 10.3. The SMILES string of the molecule is CC(=O)CCCCCC(=O)OC(C)C. The molecule has 0 fully saturated rings. The van der Waals surface area contributed by atoms with Crippen LogP contribution in [0.25, 0.3) is 0 Å². The predicted molar refractivity (Wildman–Crippen MR) is 55.0 cm³/mol. The third kappa shape index (κ3) is 9.23. The Morgan fingerprint density at radius 1 is 1.07 bits per heavy atom. The van der Waals surface area contributed by atoms with Crippen molar-refractivity contribution in [1.29, 1.82) is 0 Å². The van der Waals surface area contributed by atoms with E-state index in [9.17, 15) is 9.59 Å². The summed E-state index contributed by atoms with van der Waals surface area (Å²) in [5.41, 5.74) is 0. The first kappa shape index (κ1) is 13.1. The summed E-state index contributed by atoms with van der Waals surface area (Å²) in [6, 6.07) is 0. The first-order valence-corrected chi connectivity index (χ1v) is 5.21. The zero-order valence-corrected chi connectivity index (χ0v) is 9.34. The third-order valence-electron chi connectivity index (χ3n) is 1.78. The molecule has 82 valence electrons. The van der Waals surface area contributed by atoms with Gasteiger partial charge in [0.15, 0.2) is 0 Å². The number of ether oxygens (including phenoxy) is 1. The van der Waals surface area contributed by atoms with Crippen LogP contribution in [0.15, 0.2) is 0 Å². The molecule has 0 aromatic heterocycles. The minimum atomic E-state index is -0.136. The molecule has 0 amide bonds. The van der Waals surface area contributed by atoms with Gasteiger partial charge in [-0.25, -0.2) is 0 Å². The average Bonchev–Trinajstić information content (AvgIpc) is 2.01. The molecule has 3 heteroatoms. The maximum atomic E-state index is 11.1. The van der Waals surface area contributed by atoms with Gasteiger partial charge in [-0.15, -0.1) is 0 Å². The molecule has 0 atom stereocenters. The second-order valence-electron chi connectivity index (χ2n) is 3.80. The van der Waals surface area contributed by atoms with Gasteiger partial charge in [-0.1, -0.05) is 6.42 Å². The first-order valence-electron chi connectivity index (χ1n) is 5.21. The van der Waals surface area contributed by atoms with Crippen LogP contribution in [-0.4, -0.2) is 17.9 Å². The number of unbranched alkanes of at least 4 members (excludes halogenated alkanes) is 2. The van der Waals surface area contributed by atoms with Crippen LogP contribution in [0.4, 0.5) is 0 Å². The highest BCUT2D eigenvalue weighted by atomic mass is 16.5. The fourth-order valence-electron chi connectivity index (χ4n) is 1.14. The van der Waals surface area contributed by atoms with E-state index in [4.69, 9.17) is 4.74 Å². The molecular weight excluding hydrogens is 180 g/mol. The summed E-state index contributed by atoms with van der Waals surface area (Å²) in [4.78, 5) is 21.7. The lowest BCUT2D eigenvalue weighted by Gasteiger charge is -2.07. The summed E-state index contributed by atoms with van der Waals surface area (Å²) >= 11 is 0. The molecule has 0 radical (unpaired) electrons. The van der Waals surface area contributed by atoms with Crippen molar-refractivity contribution in [1.82, 2.24) is 0 Å². The number of carbonyl (C=O) groups excluding carboxylic acids is 2. The van der Waals surface area contributed by atoms with Crippen LogP contribution < -0.4 is 0 Å². The van der Waals surface area contributed by atoms with E-state index in [0.29, 0.717) is 12.8 Å². The molecule has 14 heavy (non-hydrogen) atoms. The first-order chi connectivity index (χ1) is 6.52. The van der Waals surface area contributed by atoms with Gasteiger partial charge in [-0.05, 0) is 33.6 Å². The second-order valence-corrected chi connectivity index (χ2v) is 3.80. The van der Waals surface area contributed by atoms with Crippen molar-refractivity contribution in [3.8, 4) is 0 Å². The fourth-order valence-corrected chi connectivity index (χ4v) is 1.14. The van der Waals surface area contributed by atoms with E-state index in [0.717, 1.165) is 19.3 Å². The molecule has 0 aromatic carbocycles. The summed E-state index contributed by atoms with van der Waals surface area (Å²) in [5.74, 6) is 0.0811. The highest BCUT2D eigenvalue weighted by molar-refractivity contribution is 5.75. The van der Waals surface area contributed by atoms with Crippen LogP contribution in [-0.2, 0) is 14.3 Å². The van der Waals surface area contributed by atoms with Gasteiger partial charge in [0.1, 0.15) is 5.78 Å². The van der Waals surface area contributed by atoms with Gasteiger partial charge in [0.2, 0.25) is 0 Å². The van der Waals surface area contributed by atoms with E-state index >= 15 is 0 Å². The molecule has 0 saturated heterocycles. The Kier molecular flexibility index (Phi) is 7.07. The molecule has 0 bridgehead atoms. The van der Waals surface area contributed by atoms with Gasteiger partial charge in [0.25, 0.3) is 0 Å². The topological polar surface area (TPSA) is 43.4 Å². The van der Waals surface area contributed by atoms with Crippen LogP contribution in [0.2, 0.25) is 0 Å². The van der Waals surface area contributed by atoms with Gasteiger partial charge in [-0.3, -0.25) is 4.79 Å². The monoisotopic (exact) mass is 200 g/mol. The zero-order chi connectivity index (χ0) is 11.0. The quantitative estimate of drug-likeness (QED) is 0.468. The predicted octanol–water partition coefficient (Wildman–Crippen LogP) is 2.48. The van der Waals surface area contributed by atoms with E-state index in [2.05, 4.69) is 0 Å². The Hall–Kier alpha value is -0.860. The van der Waals surface area contributed by atoms with Gasteiger partial charge in [0, 0.05) is 12.8 Å². The number of Topliss-reactive ketones (excluding diaryl/α,β-unsaturated/α-hetero) is 1. The van der Waals surface area contributed by atoms with Gasteiger partial charge >= 0.3 is 5.97 Å². The zero-order valence-electron chi connectivity index (χ0n) is 9.34. The molecule has 0 aliphatic rings. The number of carbonyl (C=O) groups is 2. The van der Waals surface area contributed by atoms with Crippen LogP contribution in [0.1, 0.15) is 52.9 Å². The lowest BCUT2D eigenvalue weighted by atomic mass is 10.1. The molecule has 0 saturated carbocycles. The number of rotatable bonds is 7. The molecular formula is C11H20O3. The molecule has 0 spiro atoms. The van der Waals surface area contributed by atoms with Crippen LogP contribution in [0, 0.1) is 0 Å². The van der Waals surface area contributed by atoms with Crippen molar-refractivity contribution in [3.63, 3.8) is 0 Å². The van der Waals surface area contributed by atoms with Crippen LogP contribution >= 0.6 is 0 Å². The van der Waals surface area contributed by atoms with E-state index in [1.54, 1.807) is 6.92 Å². The molecule has 0 unspecified atom stereocenters. The summed E-state index contributed by atoms with van der Waals surface area (Å²) in [7, 11) is 0. The average molecular weight is 200 g/mol. The Morgan fingerprint density at radius 2 is 1.64 bits per heavy atom. The summed E-state index contributed by atoms with van der Waals surface area (Å²) in [6.45, 7) is 5.27. The van der Waals surface area contributed by atoms with Crippen LogP contribution in [0.3, 0.4) is 0 Å². The molecule has 0 aromatic rings. The van der Waals surface area contributed by atoms with E-state index < -0.39 is 0 Å². The highest BCUT2D eigenvalue weighted by Crippen LogP contribution is 2.05. The minimum Gasteiger partial charge on any atom is -0.463 e. The Morgan fingerprint density at radius 3 is 2.14 bits per heavy atom. The summed E-state index contributed by atoms with van der Waals surface area (Å²) in [5, 5.41) is 0. The Labute approximate surface area is 85.8 Å². The van der Waals surface area contributed by atoms with E-state index in [-0.39, 0.29) is 17.9 Å². The van der Waals surface area contributed by atoms with Crippen molar-refractivity contribution in [3.05, 3.63) is 0 Å². The number of hydrogen-bond acceptors (Lipinski definition) is 3. The Bertz CT molecular complexity index is 185. The largest absolute Gasteiger partial charge is 0.463 e. The molecule has 0 heterocycles. The third-order valence-corrected chi connectivity index (χ3v) is 1.78. The van der Waals surface area contributed by atoms with Gasteiger partial charge in [0.05, 0.1) is 6.10 Å². The van der Waals surface area contributed by atoms with Crippen molar-refractivity contribution in [2.75, 3.05) is 0 Å². The summed E-state index contributed by atoms with van der Waals surface area (Å²) in [6.07, 6.45) is 3.69. The fraction of sp³-hybridized carbons (Fsp3) is 0.818. The standard InChI is InChI=1S/C11H20O3/c1-9(2)14-11(13)8-6-4-5-7-10(3)12/h9H,4-8H2,1-3H3. The van der Waals surface area contributed by atoms with Crippen molar-refractivity contribution >= 4 is 11.8 Å². The van der Waals surface area contributed by atoms with Crippen molar-refractivity contribution in [2.45, 2.75) is 59.0 Å². The summed E-state index contributed by atoms with van der Waals surface area (Å²) < 4.78 is 4.97. The van der Waals surface area contributed by atoms with Gasteiger partial charge in [-0.2, -0.15) is 0 Å². The molecule has 0 aliphatic carbocycles. The number of ketones is 1. The van der Waals surface area contributed by atoms with E-state index in [1.165, 1.54) is 0 Å². The molecule has 3 nitrogen and oxygen atoms in total. The smallest absolute Gasteiger partial charge is 0.306 e. The van der Waals surface area contributed by atoms with Crippen LogP contribution in [0.5, 0.6) is 0 Å². The van der Waals surface area contributed by atoms with Crippen molar-refractivity contribution in [2.24, 2.45) is 0 Å². The molecule has 0 rings (SSSR count). The van der Waals surface area contributed by atoms with Crippen molar-refractivity contribution < 1.29 is 14.3 Å². The lowest BCUT2D eigenvalue weighted by Crippen LogP contribution is -2.10. The maximum Gasteiger partial charge on any atom is 0.306 e. The number of hydrogen-bond donors (Lipinski definition) is 0. The highest BCUT2D eigenvalue weighted by Gasteiger charge is 2.04. The van der Waals surface area contributed by atoms with Gasteiger partial charge < -0.3 is 9.53 Å².